The lowest BCUT2D eigenvalue weighted by molar-refractivity contribution is 0.318. The van der Waals surface area contributed by atoms with Crippen molar-refractivity contribution in [3.63, 3.8) is 0 Å². The third-order valence-corrected chi connectivity index (χ3v) is 3.34. The number of hydrogen-bond acceptors (Lipinski definition) is 3. The number of phenolic OH excluding ortho intramolecular Hbond substituents is 1. The van der Waals surface area contributed by atoms with Crippen LogP contribution in [0.5, 0.6) is 11.5 Å². The maximum absolute atomic E-state index is 9.89. The standard InChI is InChI=1S/C14H16O3/c1-2-16-14-8-13-10(7-11(14)15)9-5-3-4-6-12(9)17-13/h7-8,15H,2-6H2,1H3. The van der Waals surface area contributed by atoms with Crippen LogP contribution >= 0.6 is 0 Å². The summed E-state index contributed by atoms with van der Waals surface area (Å²) in [5.74, 6) is 1.79. The Morgan fingerprint density at radius 1 is 1.29 bits per heavy atom. The van der Waals surface area contributed by atoms with Gasteiger partial charge >= 0.3 is 0 Å². The number of furan rings is 1. The van der Waals surface area contributed by atoms with Crippen LogP contribution in [0.4, 0.5) is 0 Å². The Balaban J connectivity index is 2.17. The largest absolute Gasteiger partial charge is 0.504 e. The predicted molar refractivity (Wildman–Crippen MR) is 65.7 cm³/mol. The zero-order valence-corrected chi connectivity index (χ0v) is 9.95. The van der Waals surface area contributed by atoms with Gasteiger partial charge < -0.3 is 14.3 Å². The topological polar surface area (TPSA) is 42.6 Å². The molecule has 1 N–H and O–H groups in total. The van der Waals surface area contributed by atoms with Gasteiger partial charge in [-0.15, -0.1) is 0 Å². The van der Waals surface area contributed by atoms with E-state index in [-0.39, 0.29) is 5.75 Å². The van der Waals surface area contributed by atoms with Gasteiger partial charge in [-0.2, -0.15) is 0 Å². The molecule has 17 heavy (non-hydrogen) atoms. The molecule has 3 heteroatoms. The second-order valence-electron chi connectivity index (χ2n) is 4.46. The lowest BCUT2D eigenvalue weighted by atomic mass is 9.96. The van der Waals surface area contributed by atoms with Crippen molar-refractivity contribution in [3.05, 3.63) is 23.5 Å². The summed E-state index contributed by atoms with van der Waals surface area (Å²) in [6.07, 6.45) is 4.46. The summed E-state index contributed by atoms with van der Waals surface area (Å²) in [4.78, 5) is 0. The number of aromatic hydroxyl groups is 1. The molecule has 1 heterocycles. The molecular formula is C14H16O3. The zero-order chi connectivity index (χ0) is 11.8. The molecule has 0 amide bonds. The monoisotopic (exact) mass is 232 g/mol. The van der Waals surface area contributed by atoms with Gasteiger partial charge in [0.1, 0.15) is 11.3 Å². The number of aryl methyl sites for hydroxylation is 2. The summed E-state index contributed by atoms with van der Waals surface area (Å²) in [5.41, 5.74) is 2.10. The van der Waals surface area contributed by atoms with E-state index in [9.17, 15) is 5.11 Å². The van der Waals surface area contributed by atoms with E-state index in [2.05, 4.69) is 0 Å². The van der Waals surface area contributed by atoms with Crippen LogP contribution in [0.25, 0.3) is 11.0 Å². The van der Waals surface area contributed by atoms with Crippen LogP contribution in [0.2, 0.25) is 0 Å². The highest BCUT2D eigenvalue weighted by Gasteiger charge is 2.19. The second kappa shape index (κ2) is 3.99. The smallest absolute Gasteiger partial charge is 0.164 e. The highest BCUT2D eigenvalue weighted by Crippen LogP contribution is 2.38. The maximum atomic E-state index is 9.89. The Kier molecular flexibility index (Phi) is 2.46. The summed E-state index contributed by atoms with van der Waals surface area (Å²) in [6.45, 7) is 2.44. The fourth-order valence-electron chi connectivity index (χ4n) is 2.55. The lowest BCUT2D eigenvalue weighted by Crippen LogP contribution is -1.98. The molecule has 0 aliphatic heterocycles. The summed E-state index contributed by atoms with van der Waals surface area (Å²) in [6, 6.07) is 3.57. The summed E-state index contributed by atoms with van der Waals surface area (Å²) in [5, 5.41) is 10.9. The molecule has 0 unspecified atom stereocenters. The first-order valence-electron chi connectivity index (χ1n) is 6.19. The van der Waals surface area contributed by atoms with Crippen LogP contribution in [0.1, 0.15) is 31.1 Å². The van der Waals surface area contributed by atoms with E-state index >= 15 is 0 Å². The molecule has 2 aromatic rings. The molecule has 0 saturated carbocycles. The molecule has 0 bridgehead atoms. The maximum Gasteiger partial charge on any atom is 0.164 e. The van der Waals surface area contributed by atoms with E-state index in [0.717, 1.165) is 29.6 Å². The number of rotatable bonds is 2. The number of benzene rings is 1. The van der Waals surface area contributed by atoms with Gasteiger partial charge in [0.25, 0.3) is 0 Å². The van der Waals surface area contributed by atoms with E-state index in [1.807, 2.05) is 6.92 Å². The van der Waals surface area contributed by atoms with Crippen molar-refractivity contribution >= 4 is 11.0 Å². The Morgan fingerprint density at radius 3 is 2.94 bits per heavy atom. The van der Waals surface area contributed by atoms with Crippen molar-refractivity contribution in [3.8, 4) is 11.5 Å². The fraction of sp³-hybridized carbons (Fsp3) is 0.429. The quantitative estimate of drug-likeness (QED) is 0.862. The van der Waals surface area contributed by atoms with Crippen LogP contribution < -0.4 is 4.74 Å². The van der Waals surface area contributed by atoms with Gasteiger partial charge in [-0.25, -0.2) is 0 Å². The molecule has 0 spiro atoms. The molecule has 0 saturated heterocycles. The molecule has 0 fully saturated rings. The van der Waals surface area contributed by atoms with Gasteiger partial charge in [0.15, 0.2) is 11.5 Å². The van der Waals surface area contributed by atoms with Gasteiger partial charge in [0.05, 0.1) is 6.61 Å². The minimum absolute atomic E-state index is 0.202. The fourth-order valence-corrected chi connectivity index (χ4v) is 2.55. The number of ether oxygens (including phenoxy) is 1. The van der Waals surface area contributed by atoms with Crippen LogP contribution in [-0.4, -0.2) is 11.7 Å². The average Bonchev–Trinajstić information content (AvgIpc) is 2.68. The van der Waals surface area contributed by atoms with Crippen LogP contribution in [0.3, 0.4) is 0 Å². The molecule has 0 atom stereocenters. The van der Waals surface area contributed by atoms with Gasteiger partial charge in [0.2, 0.25) is 0 Å². The molecule has 1 aliphatic carbocycles. The number of hydrogen-bond donors (Lipinski definition) is 1. The van der Waals surface area contributed by atoms with E-state index in [1.165, 1.54) is 18.4 Å². The SMILES string of the molecule is CCOc1cc2oc3c(c2cc1O)CCCC3. The van der Waals surface area contributed by atoms with Crippen LogP contribution in [0.15, 0.2) is 16.5 Å². The molecule has 90 valence electrons. The normalized spacial score (nSPS) is 14.9. The van der Waals surface area contributed by atoms with E-state index in [0.29, 0.717) is 12.4 Å². The average molecular weight is 232 g/mol. The first-order valence-corrected chi connectivity index (χ1v) is 6.19. The third-order valence-electron chi connectivity index (χ3n) is 3.34. The minimum Gasteiger partial charge on any atom is -0.504 e. The van der Waals surface area contributed by atoms with Crippen LogP contribution in [-0.2, 0) is 12.8 Å². The predicted octanol–water partition coefficient (Wildman–Crippen LogP) is 3.42. The van der Waals surface area contributed by atoms with Crippen molar-refractivity contribution in [2.24, 2.45) is 0 Å². The molecule has 1 aromatic heterocycles. The molecule has 3 nitrogen and oxygen atoms in total. The van der Waals surface area contributed by atoms with Crippen molar-refractivity contribution in [2.45, 2.75) is 32.6 Å². The van der Waals surface area contributed by atoms with Crippen molar-refractivity contribution < 1.29 is 14.3 Å². The molecule has 1 aliphatic rings. The van der Waals surface area contributed by atoms with Gasteiger partial charge in [-0.05, 0) is 32.3 Å². The second-order valence-corrected chi connectivity index (χ2v) is 4.46. The Bertz CT molecular complexity index is 554. The van der Waals surface area contributed by atoms with Crippen molar-refractivity contribution in [2.75, 3.05) is 6.61 Å². The minimum atomic E-state index is 0.202. The first kappa shape index (κ1) is 10.5. The molecular weight excluding hydrogens is 216 g/mol. The number of phenols is 1. The zero-order valence-electron chi connectivity index (χ0n) is 9.95. The summed E-state index contributed by atoms with van der Waals surface area (Å²) in [7, 11) is 0. The van der Waals surface area contributed by atoms with E-state index in [1.54, 1.807) is 12.1 Å². The number of fused-ring (bicyclic) bond motifs is 3. The Morgan fingerprint density at radius 2 is 2.12 bits per heavy atom. The van der Waals surface area contributed by atoms with Gasteiger partial charge in [-0.1, -0.05) is 0 Å². The van der Waals surface area contributed by atoms with Crippen molar-refractivity contribution in [1.82, 2.24) is 0 Å². The van der Waals surface area contributed by atoms with Crippen molar-refractivity contribution in [1.29, 1.82) is 0 Å². The summed E-state index contributed by atoms with van der Waals surface area (Å²) >= 11 is 0. The Labute approximate surface area is 100.0 Å². The Hall–Kier alpha value is -1.64. The highest BCUT2D eigenvalue weighted by molar-refractivity contribution is 5.86. The highest BCUT2D eigenvalue weighted by atomic mass is 16.5. The third kappa shape index (κ3) is 1.66. The van der Waals surface area contributed by atoms with Gasteiger partial charge in [-0.3, -0.25) is 0 Å². The van der Waals surface area contributed by atoms with Crippen LogP contribution in [0, 0.1) is 0 Å². The van der Waals surface area contributed by atoms with E-state index in [4.69, 9.17) is 9.15 Å². The summed E-state index contributed by atoms with van der Waals surface area (Å²) < 4.78 is 11.2. The lowest BCUT2D eigenvalue weighted by Gasteiger charge is -2.08. The van der Waals surface area contributed by atoms with E-state index < -0.39 is 0 Å². The first-order chi connectivity index (χ1) is 8.29. The molecule has 0 radical (unpaired) electrons. The van der Waals surface area contributed by atoms with Gasteiger partial charge in [0, 0.05) is 23.4 Å². The molecule has 1 aromatic carbocycles. The molecule has 3 rings (SSSR count).